The molecule has 1 N–H and O–H groups in total. The molecule has 2 aromatic rings. The molecule has 1 heterocycles. The van der Waals surface area contributed by atoms with E-state index >= 15 is 0 Å². The Morgan fingerprint density at radius 3 is 2.67 bits per heavy atom. The van der Waals surface area contributed by atoms with E-state index in [1.54, 1.807) is 0 Å². The normalized spacial score (nSPS) is 19.7. The third kappa shape index (κ3) is 2.17. The summed E-state index contributed by atoms with van der Waals surface area (Å²) in [5.41, 5.74) is 0.984. The van der Waals surface area contributed by atoms with Gasteiger partial charge in [-0.05, 0) is 44.7 Å². The van der Waals surface area contributed by atoms with Crippen molar-refractivity contribution < 1.29 is 4.42 Å². The molecule has 2 heteroatoms. The van der Waals surface area contributed by atoms with E-state index in [4.69, 9.17) is 4.42 Å². The Hall–Kier alpha value is -1.28. The number of rotatable bonds is 4. The molecule has 2 nitrogen and oxygen atoms in total. The number of fused-ring (bicyclic) bond motifs is 1. The molecule has 18 heavy (non-hydrogen) atoms. The van der Waals surface area contributed by atoms with Gasteiger partial charge in [-0.15, -0.1) is 0 Å². The van der Waals surface area contributed by atoms with E-state index in [1.807, 2.05) is 12.1 Å². The number of hydrogen-bond acceptors (Lipinski definition) is 2. The highest BCUT2D eigenvalue weighted by Crippen LogP contribution is 2.31. The average Bonchev–Trinajstić information content (AvgIpc) is 2.69. The third-order valence-corrected chi connectivity index (χ3v) is 4.24. The highest BCUT2D eigenvalue weighted by molar-refractivity contribution is 5.77. The minimum atomic E-state index is 0.285. The minimum Gasteiger partial charge on any atom is -0.459 e. The lowest BCUT2D eigenvalue weighted by Gasteiger charge is -2.33. The van der Waals surface area contributed by atoms with Crippen molar-refractivity contribution in [1.29, 1.82) is 0 Å². The predicted molar refractivity (Wildman–Crippen MR) is 74.6 cm³/mol. The monoisotopic (exact) mass is 243 g/mol. The fourth-order valence-electron chi connectivity index (χ4n) is 2.77. The Morgan fingerprint density at radius 2 is 2.00 bits per heavy atom. The molecule has 0 bridgehead atoms. The van der Waals surface area contributed by atoms with Crippen LogP contribution in [-0.4, -0.2) is 6.04 Å². The van der Waals surface area contributed by atoms with Crippen molar-refractivity contribution in [3.8, 4) is 0 Å². The van der Waals surface area contributed by atoms with Crippen molar-refractivity contribution in [2.24, 2.45) is 5.92 Å². The van der Waals surface area contributed by atoms with Crippen LogP contribution in [0.3, 0.4) is 0 Å². The average molecular weight is 243 g/mol. The van der Waals surface area contributed by atoms with Crippen LogP contribution in [0.2, 0.25) is 0 Å². The van der Waals surface area contributed by atoms with Crippen molar-refractivity contribution in [2.75, 3.05) is 0 Å². The summed E-state index contributed by atoms with van der Waals surface area (Å²) in [6, 6.07) is 11.2. The molecule has 0 amide bonds. The first-order valence-electron chi connectivity index (χ1n) is 6.98. The lowest BCUT2D eigenvalue weighted by atomic mass is 9.80. The Bertz CT molecular complexity index is 494. The van der Waals surface area contributed by atoms with Gasteiger partial charge in [0.1, 0.15) is 11.3 Å². The van der Waals surface area contributed by atoms with E-state index in [-0.39, 0.29) is 6.04 Å². The first-order chi connectivity index (χ1) is 8.74. The van der Waals surface area contributed by atoms with Crippen molar-refractivity contribution >= 4 is 11.0 Å². The zero-order valence-corrected chi connectivity index (χ0v) is 11.1. The summed E-state index contributed by atoms with van der Waals surface area (Å²) in [7, 11) is 0. The van der Waals surface area contributed by atoms with E-state index in [0.29, 0.717) is 6.04 Å². The fourth-order valence-corrected chi connectivity index (χ4v) is 2.77. The van der Waals surface area contributed by atoms with Crippen LogP contribution >= 0.6 is 0 Å². The first-order valence-corrected chi connectivity index (χ1v) is 6.98. The molecule has 1 saturated carbocycles. The lowest BCUT2D eigenvalue weighted by molar-refractivity contribution is 0.224. The number of hydrogen-bond donors (Lipinski definition) is 1. The summed E-state index contributed by atoms with van der Waals surface area (Å²) in [6.45, 7) is 4.48. The van der Waals surface area contributed by atoms with Crippen LogP contribution in [-0.2, 0) is 0 Å². The van der Waals surface area contributed by atoms with Crippen molar-refractivity contribution in [2.45, 2.75) is 45.2 Å². The summed E-state index contributed by atoms with van der Waals surface area (Å²) in [6.07, 6.45) is 4.15. The van der Waals surface area contributed by atoms with Crippen LogP contribution < -0.4 is 5.32 Å². The quantitative estimate of drug-likeness (QED) is 0.867. The van der Waals surface area contributed by atoms with Crippen LogP contribution in [0.1, 0.15) is 44.9 Å². The Morgan fingerprint density at radius 1 is 1.22 bits per heavy atom. The second-order valence-corrected chi connectivity index (χ2v) is 5.55. The molecular formula is C16H21NO. The van der Waals surface area contributed by atoms with Gasteiger partial charge in [-0.3, -0.25) is 0 Å². The SMILES string of the molecule is CC(NC(C)C1CCC1)c1cc2ccccc2o1. The summed E-state index contributed by atoms with van der Waals surface area (Å²) in [5, 5.41) is 4.86. The van der Waals surface area contributed by atoms with Crippen LogP contribution in [0.5, 0.6) is 0 Å². The topological polar surface area (TPSA) is 25.2 Å². The maximum Gasteiger partial charge on any atom is 0.134 e. The summed E-state index contributed by atoms with van der Waals surface area (Å²) >= 11 is 0. The van der Waals surface area contributed by atoms with Gasteiger partial charge in [0, 0.05) is 11.4 Å². The molecule has 0 aliphatic heterocycles. The van der Waals surface area contributed by atoms with Gasteiger partial charge in [0.25, 0.3) is 0 Å². The van der Waals surface area contributed by atoms with Crippen LogP contribution in [0.4, 0.5) is 0 Å². The van der Waals surface area contributed by atoms with E-state index in [1.165, 1.54) is 24.6 Å². The lowest BCUT2D eigenvalue weighted by Crippen LogP contribution is -2.38. The standard InChI is InChI=1S/C16H21NO/c1-11(13-7-5-8-13)17-12(2)16-10-14-6-3-4-9-15(14)18-16/h3-4,6,9-13,17H,5,7-8H2,1-2H3. The maximum atomic E-state index is 5.90. The van der Waals surface area contributed by atoms with Crippen LogP contribution in [0.15, 0.2) is 34.7 Å². The van der Waals surface area contributed by atoms with Gasteiger partial charge in [0.15, 0.2) is 0 Å². The second-order valence-electron chi connectivity index (χ2n) is 5.55. The molecule has 96 valence electrons. The number of nitrogens with one attached hydrogen (secondary N) is 1. The van der Waals surface area contributed by atoms with Gasteiger partial charge in [-0.2, -0.15) is 0 Å². The minimum absolute atomic E-state index is 0.285. The summed E-state index contributed by atoms with van der Waals surface area (Å²) < 4.78 is 5.90. The predicted octanol–water partition coefficient (Wildman–Crippen LogP) is 4.27. The molecule has 3 rings (SSSR count). The van der Waals surface area contributed by atoms with E-state index in [2.05, 4.69) is 37.4 Å². The van der Waals surface area contributed by atoms with Gasteiger partial charge < -0.3 is 9.73 Å². The van der Waals surface area contributed by atoms with Crippen molar-refractivity contribution in [3.05, 3.63) is 36.1 Å². The molecule has 2 atom stereocenters. The van der Waals surface area contributed by atoms with Crippen molar-refractivity contribution in [1.82, 2.24) is 5.32 Å². The van der Waals surface area contributed by atoms with Crippen molar-refractivity contribution in [3.63, 3.8) is 0 Å². The van der Waals surface area contributed by atoms with E-state index in [9.17, 15) is 0 Å². The van der Waals surface area contributed by atoms with Gasteiger partial charge in [-0.25, -0.2) is 0 Å². The van der Waals surface area contributed by atoms with Crippen LogP contribution in [0, 0.1) is 5.92 Å². The molecule has 1 aromatic carbocycles. The molecule has 1 fully saturated rings. The van der Waals surface area contributed by atoms with Gasteiger partial charge in [0.2, 0.25) is 0 Å². The Kier molecular flexibility index (Phi) is 3.13. The molecule has 1 aliphatic rings. The molecule has 2 unspecified atom stereocenters. The first kappa shape index (κ1) is 11.8. The number of benzene rings is 1. The third-order valence-electron chi connectivity index (χ3n) is 4.24. The van der Waals surface area contributed by atoms with E-state index in [0.717, 1.165) is 17.3 Å². The molecule has 1 aromatic heterocycles. The second kappa shape index (κ2) is 4.77. The number of para-hydroxylation sites is 1. The largest absolute Gasteiger partial charge is 0.459 e. The Balaban J connectivity index is 1.72. The highest BCUT2D eigenvalue weighted by atomic mass is 16.3. The Labute approximate surface area is 108 Å². The molecule has 0 radical (unpaired) electrons. The highest BCUT2D eigenvalue weighted by Gasteiger charge is 2.25. The summed E-state index contributed by atoms with van der Waals surface area (Å²) in [5.74, 6) is 1.90. The smallest absolute Gasteiger partial charge is 0.134 e. The molecule has 0 spiro atoms. The summed E-state index contributed by atoms with van der Waals surface area (Å²) in [4.78, 5) is 0. The molecular weight excluding hydrogens is 222 g/mol. The van der Waals surface area contributed by atoms with Gasteiger partial charge in [0.05, 0.1) is 6.04 Å². The molecule has 1 aliphatic carbocycles. The van der Waals surface area contributed by atoms with Crippen LogP contribution in [0.25, 0.3) is 11.0 Å². The van der Waals surface area contributed by atoms with E-state index < -0.39 is 0 Å². The zero-order chi connectivity index (χ0) is 12.5. The fraction of sp³-hybridized carbons (Fsp3) is 0.500. The molecule has 0 saturated heterocycles. The number of furan rings is 1. The maximum absolute atomic E-state index is 5.90. The van der Waals surface area contributed by atoms with Gasteiger partial charge in [-0.1, -0.05) is 24.6 Å². The van der Waals surface area contributed by atoms with Gasteiger partial charge >= 0.3 is 0 Å². The zero-order valence-electron chi connectivity index (χ0n) is 11.1.